The lowest BCUT2D eigenvalue weighted by molar-refractivity contribution is -0.137. The second-order valence-electron chi connectivity index (χ2n) is 4.11. The van der Waals surface area contributed by atoms with Gasteiger partial charge < -0.3 is 0 Å². The number of hydrogen-bond donors (Lipinski definition) is 1. The Kier molecular flexibility index (Phi) is 4.47. The van der Waals surface area contributed by atoms with Gasteiger partial charge in [-0.15, -0.1) is 0 Å². The summed E-state index contributed by atoms with van der Waals surface area (Å²) < 4.78 is 64.3. The molecule has 0 unspecified atom stereocenters. The average Bonchev–Trinajstić information content (AvgIpc) is 2.41. The Morgan fingerprint density at radius 2 is 1.62 bits per heavy atom. The molecule has 0 heterocycles. The molecule has 8 heteroatoms. The molecular formula is C13H9F3INO2S. The van der Waals surface area contributed by atoms with Crippen LogP contribution < -0.4 is 4.72 Å². The van der Waals surface area contributed by atoms with Gasteiger partial charge in [0, 0.05) is 3.57 Å². The van der Waals surface area contributed by atoms with Gasteiger partial charge in [0.2, 0.25) is 0 Å². The minimum absolute atomic E-state index is 0.0423. The third-order valence-electron chi connectivity index (χ3n) is 2.59. The lowest BCUT2D eigenvalue weighted by Gasteiger charge is -2.12. The topological polar surface area (TPSA) is 46.2 Å². The molecule has 2 aromatic carbocycles. The number of hydrogen-bond acceptors (Lipinski definition) is 2. The zero-order valence-electron chi connectivity index (χ0n) is 10.4. The van der Waals surface area contributed by atoms with Gasteiger partial charge in [0.25, 0.3) is 10.0 Å². The molecule has 2 rings (SSSR count). The standard InChI is InChI=1S/C13H9F3INO2S/c14-13(15,16)9-6-7-12(11(17)8-9)18-21(19,20)10-4-2-1-3-5-10/h1-8,18H. The van der Waals surface area contributed by atoms with Crippen LogP contribution in [0.25, 0.3) is 0 Å². The molecule has 0 aromatic heterocycles. The van der Waals surface area contributed by atoms with Crippen molar-refractivity contribution < 1.29 is 21.6 Å². The highest BCUT2D eigenvalue weighted by Crippen LogP contribution is 2.32. The van der Waals surface area contributed by atoms with Crippen molar-refractivity contribution in [2.75, 3.05) is 4.72 Å². The van der Waals surface area contributed by atoms with Gasteiger partial charge in [0.05, 0.1) is 16.1 Å². The maximum atomic E-state index is 12.6. The predicted molar refractivity (Wildman–Crippen MR) is 81.4 cm³/mol. The Hall–Kier alpha value is -1.29. The third kappa shape index (κ3) is 3.88. The van der Waals surface area contributed by atoms with Crippen molar-refractivity contribution in [3.63, 3.8) is 0 Å². The van der Waals surface area contributed by atoms with Gasteiger partial charge in [-0.05, 0) is 52.9 Å². The first-order chi connectivity index (χ1) is 9.70. The van der Waals surface area contributed by atoms with E-state index in [9.17, 15) is 21.6 Å². The Balaban J connectivity index is 2.33. The quantitative estimate of drug-likeness (QED) is 0.750. The number of alkyl halides is 3. The lowest BCUT2D eigenvalue weighted by Crippen LogP contribution is -2.14. The average molecular weight is 427 g/mol. The van der Waals surface area contributed by atoms with Crippen LogP contribution in [-0.2, 0) is 16.2 Å². The highest BCUT2D eigenvalue weighted by atomic mass is 127. The molecular weight excluding hydrogens is 418 g/mol. The predicted octanol–water partition coefficient (Wildman–Crippen LogP) is 4.11. The summed E-state index contributed by atoms with van der Waals surface area (Å²) in [7, 11) is -3.82. The number of rotatable bonds is 3. The molecule has 0 aliphatic carbocycles. The summed E-state index contributed by atoms with van der Waals surface area (Å²) in [5.41, 5.74) is -0.720. The third-order valence-corrected chi connectivity index (χ3v) is 4.87. The van der Waals surface area contributed by atoms with E-state index in [4.69, 9.17) is 0 Å². The number of halogens is 4. The number of sulfonamides is 1. The molecule has 0 aliphatic heterocycles. The van der Waals surface area contributed by atoms with Crippen LogP contribution in [-0.4, -0.2) is 8.42 Å². The van der Waals surface area contributed by atoms with Gasteiger partial charge >= 0.3 is 6.18 Å². The van der Waals surface area contributed by atoms with Crippen molar-refractivity contribution in [3.8, 4) is 0 Å². The molecule has 0 bridgehead atoms. The fourth-order valence-electron chi connectivity index (χ4n) is 1.58. The minimum atomic E-state index is -4.46. The summed E-state index contributed by atoms with van der Waals surface area (Å²) in [6, 6.07) is 10.4. The summed E-state index contributed by atoms with van der Waals surface area (Å²) >= 11 is 1.66. The van der Waals surface area contributed by atoms with E-state index >= 15 is 0 Å². The van der Waals surface area contributed by atoms with E-state index in [1.54, 1.807) is 40.8 Å². The van der Waals surface area contributed by atoms with Gasteiger partial charge in [-0.25, -0.2) is 8.42 Å². The Morgan fingerprint density at radius 3 is 2.14 bits per heavy atom. The van der Waals surface area contributed by atoms with Crippen LogP contribution in [0.1, 0.15) is 5.56 Å². The van der Waals surface area contributed by atoms with Crippen molar-refractivity contribution in [3.05, 3.63) is 57.7 Å². The van der Waals surface area contributed by atoms with Crippen LogP contribution in [0.3, 0.4) is 0 Å². The first-order valence-corrected chi connectivity index (χ1v) is 8.21. The van der Waals surface area contributed by atoms with E-state index < -0.39 is 21.8 Å². The fourth-order valence-corrected chi connectivity index (χ4v) is 3.51. The van der Waals surface area contributed by atoms with Crippen LogP contribution in [0.5, 0.6) is 0 Å². The van der Waals surface area contributed by atoms with Crippen molar-refractivity contribution in [1.29, 1.82) is 0 Å². The number of nitrogens with one attached hydrogen (secondary N) is 1. The SMILES string of the molecule is O=S(=O)(Nc1ccc(C(F)(F)F)cc1I)c1ccccc1. The Morgan fingerprint density at radius 1 is 1.00 bits per heavy atom. The van der Waals surface area contributed by atoms with Gasteiger partial charge in [0.1, 0.15) is 0 Å². The highest BCUT2D eigenvalue weighted by molar-refractivity contribution is 14.1. The van der Waals surface area contributed by atoms with Crippen LogP contribution in [0.2, 0.25) is 0 Å². The van der Waals surface area contributed by atoms with Crippen LogP contribution in [0.4, 0.5) is 18.9 Å². The summed E-state index contributed by atoms with van der Waals surface area (Å²) in [5, 5.41) is 0. The highest BCUT2D eigenvalue weighted by Gasteiger charge is 2.31. The molecule has 112 valence electrons. The monoisotopic (exact) mass is 427 g/mol. The van der Waals surface area contributed by atoms with Crippen LogP contribution >= 0.6 is 22.6 Å². The molecule has 21 heavy (non-hydrogen) atoms. The lowest BCUT2D eigenvalue weighted by atomic mass is 10.2. The molecule has 0 fully saturated rings. The number of anilines is 1. The van der Waals surface area contributed by atoms with Crippen LogP contribution in [0.15, 0.2) is 53.4 Å². The summed E-state index contributed by atoms with van der Waals surface area (Å²) in [5.74, 6) is 0. The van der Waals surface area contributed by atoms with E-state index in [1.165, 1.54) is 12.1 Å². The maximum absolute atomic E-state index is 12.6. The molecule has 3 nitrogen and oxygen atoms in total. The molecule has 0 amide bonds. The summed E-state index contributed by atoms with van der Waals surface area (Å²) in [6.45, 7) is 0. The van der Waals surface area contributed by atoms with Crippen molar-refractivity contribution in [2.24, 2.45) is 0 Å². The van der Waals surface area contributed by atoms with E-state index in [-0.39, 0.29) is 14.2 Å². The molecule has 0 saturated heterocycles. The molecule has 1 N–H and O–H groups in total. The summed E-state index contributed by atoms with van der Waals surface area (Å²) in [6.07, 6.45) is -4.46. The van der Waals surface area contributed by atoms with Gasteiger partial charge in [0.15, 0.2) is 0 Å². The first-order valence-electron chi connectivity index (χ1n) is 5.65. The van der Waals surface area contributed by atoms with Crippen LogP contribution in [0, 0.1) is 3.57 Å². The van der Waals surface area contributed by atoms with Gasteiger partial charge in [-0.2, -0.15) is 13.2 Å². The smallest absolute Gasteiger partial charge is 0.279 e. The first kappa shape index (κ1) is 16.1. The summed E-state index contributed by atoms with van der Waals surface area (Å²) in [4.78, 5) is 0.0423. The minimum Gasteiger partial charge on any atom is -0.279 e. The molecule has 0 saturated carbocycles. The molecule has 0 spiro atoms. The zero-order valence-corrected chi connectivity index (χ0v) is 13.3. The largest absolute Gasteiger partial charge is 0.416 e. The maximum Gasteiger partial charge on any atom is 0.416 e. The molecule has 0 radical (unpaired) electrons. The van der Waals surface area contributed by atoms with Crippen molar-refractivity contribution in [2.45, 2.75) is 11.1 Å². The van der Waals surface area contributed by atoms with E-state index in [0.29, 0.717) is 0 Å². The van der Waals surface area contributed by atoms with E-state index in [1.807, 2.05) is 0 Å². The van der Waals surface area contributed by atoms with Crippen molar-refractivity contribution >= 4 is 38.3 Å². The fraction of sp³-hybridized carbons (Fsp3) is 0.0769. The molecule has 2 aromatic rings. The van der Waals surface area contributed by atoms with Crippen molar-refractivity contribution in [1.82, 2.24) is 0 Å². The van der Waals surface area contributed by atoms with Gasteiger partial charge in [-0.1, -0.05) is 18.2 Å². The van der Waals surface area contributed by atoms with E-state index in [2.05, 4.69) is 4.72 Å². The Bertz CT molecular complexity index is 746. The number of benzene rings is 2. The normalized spacial score (nSPS) is 12.2. The molecule has 0 atom stereocenters. The second-order valence-corrected chi connectivity index (χ2v) is 6.96. The molecule has 0 aliphatic rings. The van der Waals surface area contributed by atoms with E-state index in [0.717, 1.165) is 18.2 Å². The Labute approximate surface area is 133 Å². The zero-order chi connectivity index (χ0) is 15.7. The van der Waals surface area contributed by atoms with Gasteiger partial charge in [-0.3, -0.25) is 4.72 Å². The second kappa shape index (κ2) is 5.84.